The molecular weight excluding hydrogens is 464 g/mol. The van der Waals surface area contributed by atoms with Gasteiger partial charge >= 0.3 is 5.97 Å². The number of hydrogen-bond donors (Lipinski definition) is 3. The molecule has 3 aromatic rings. The number of carbonyl (C=O) groups is 2. The van der Waals surface area contributed by atoms with E-state index in [9.17, 15) is 14.7 Å². The molecule has 1 unspecified atom stereocenters. The van der Waals surface area contributed by atoms with Gasteiger partial charge in [-0.25, -0.2) is 4.79 Å². The highest BCUT2D eigenvalue weighted by Gasteiger charge is 2.38. The highest BCUT2D eigenvalue weighted by Crippen LogP contribution is 2.25. The van der Waals surface area contributed by atoms with Crippen LogP contribution in [0.4, 0.5) is 0 Å². The van der Waals surface area contributed by atoms with E-state index in [4.69, 9.17) is 4.74 Å². The normalized spacial score (nSPS) is 13.7. The summed E-state index contributed by atoms with van der Waals surface area (Å²) in [5, 5.41) is 18.3. The average Bonchev–Trinajstić information content (AvgIpc) is 2.84. The fourth-order valence-electron chi connectivity index (χ4n) is 4.37. The number of carboxylic acids is 1. The number of fused-ring (bicyclic) bond motifs is 1. The maximum absolute atomic E-state index is 12.8. The first-order valence-electron chi connectivity index (χ1n) is 12.9. The van der Waals surface area contributed by atoms with Crippen molar-refractivity contribution in [2.45, 2.75) is 72.1 Å². The maximum atomic E-state index is 12.8. The number of ether oxygens (including phenoxy) is 1. The first kappa shape index (κ1) is 28.2. The number of rotatable bonds is 11. The highest BCUT2D eigenvalue weighted by molar-refractivity contribution is 5.89. The zero-order chi connectivity index (χ0) is 27.2. The Kier molecular flexibility index (Phi) is 8.98. The minimum absolute atomic E-state index is 0.259. The standard InChI is InChI=1S/C31H40N2O4/c1-21(25-15-9-13-23-12-7-8-14-26(23)25)32-20-10-11-22-16-18-24(19-17-22)37-31(5,6)29(36)33-27(28(34)35)30(2,3)4/h7-9,12-19,21,27,32H,10-11,20H2,1-6H3,(H,33,36)(H,34,35)/t21?,27-/m0/s1. The third-order valence-corrected chi connectivity index (χ3v) is 6.61. The molecule has 3 aromatic carbocycles. The molecule has 6 nitrogen and oxygen atoms in total. The third-order valence-electron chi connectivity index (χ3n) is 6.61. The van der Waals surface area contributed by atoms with Crippen molar-refractivity contribution in [1.82, 2.24) is 10.6 Å². The Bertz CT molecular complexity index is 1210. The Morgan fingerprint density at radius 3 is 2.22 bits per heavy atom. The van der Waals surface area contributed by atoms with Crippen molar-refractivity contribution < 1.29 is 19.4 Å². The van der Waals surface area contributed by atoms with E-state index < -0.39 is 28.9 Å². The Labute approximate surface area is 220 Å². The van der Waals surface area contributed by atoms with Gasteiger partial charge < -0.3 is 20.5 Å². The third kappa shape index (κ3) is 7.56. The van der Waals surface area contributed by atoms with Crippen molar-refractivity contribution in [3.8, 4) is 5.75 Å². The molecule has 3 rings (SSSR count). The number of benzene rings is 3. The Morgan fingerprint density at radius 1 is 0.919 bits per heavy atom. The van der Waals surface area contributed by atoms with Crippen molar-refractivity contribution in [3.63, 3.8) is 0 Å². The summed E-state index contributed by atoms with van der Waals surface area (Å²) in [7, 11) is 0. The maximum Gasteiger partial charge on any atom is 0.326 e. The molecule has 0 saturated carbocycles. The lowest BCUT2D eigenvalue weighted by Crippen LogP contribution is -2.56. The molecule has 0 saturated heterocycles. The second-order valence-electron chi connectivity index (χ2n) is 11.2. The molecule has 2 atom stereocenters. The van der Waals surface area contributed by atoms with Gasteiger partial charge in [-0.1, -0.05) is 75.4 Å². The summed E-state index contributed by atoms with van der Waals surface area (Å²) in [6.45, 7) is 11.7. The van der Waals surface area contributed by atoms with Crippen LogP contribution in [0.15, 0.2) is 66.7 Å². The van der Waals surface area contributed by atoms with E-state index in [1.165, 1.54) is 21.9 Å². The number of carboxylic acid groups (broad SMARTS) is 1. The fraction of sp³-hybridized carbons (Fsp3) is 0.419. The summed E-state index contributed by atoms with van der Waals surface area (Å²) in [5.41, 5.74) is 0.652. The van der Waals surface area contributed by atoms with Crippen LogP contribution in [0.2, 0.25) is 0 Å². The molecule has 198 valence electrons. The zero-order valence-electron chi connectivity index (χ0n) is 22.8. The van der Waals surface area contributed by atoms with Crippen molar-refractivity contribution in [2.24, 2.45) is 5.41 Å². The fourth-order valence-corrected chi connectivity index (χ4v) is 4.37. The number of aryl methyl sites for hydroxylation is 1. The van der Waals surface area contributed by atoms with Crippen molar-refractivity contribution in [3.05, 3.63) is 77.9 Å². The van der Waals surface area contributed by atoms with Gasteiger partial charge in [-0.2, -0.15) is 0 Å². The molecule has 0 aliphatic rings. The summed E-state index contributed by atoms with van der Waals surface area (Å²) in [4.78, 5) is 24.4. The number of nitrogens with one attached hydrogen (secondary N) is 2. The minimum Gasteiger partial charge on any atom is -0.480 e. The second-order valence-corrected chi connectivity index (χ2v) is 11.2. The predicted octanol–water partition coefficient (Wildman–Crippen LogP) is 5.90. The number of amides is 1. The van der Waals surface area contributed by atoms with E-state index in [0.29, 0.717) is 5.75 Å². The van der Waals surface area contributed by atoms with Gasteiger partial charge in [0.05, 0.1) is 0 Å². The molecule has 37 heavy (non-hydrogen) atoms. The van der Waals surface area contributed by atoms with Gasteiger partial charge in [0.25, 0.3) is 5.91 Å². The second kappa shape index (κ2) is 11.8. The van der Waals surface area contributed by atoms with Gasteiger partial charge in [0.2, 0.25) is 0 Å². The minimum atomic E-state index is -1.22. The van der Waals surface area contributed by atoms with E-state index in [1.54, 1.807) is 34.6 Å². The van der Waals surface area contributed by atoms with Crippen LogP contribution in [0.5, 0.6) is 5.75 Å². The topological polar surface area (TPSA) is 87.7 Å². The smallest absolute Gasteiger partial charge is 0.326 e. The molecular formula is C31H40N2O4. The van der Waals surface area contributed by atoms with E-state index in [0.717, 1.165) is 19.4 Å². The quantitative estimate of drug-likeness (QED) is 0.283. The largest absolute Gasteiger partial charge is 0.480 e. The Balaban J connectivity index is 1.50. The van der Waals surface area contributed by atoms with Crippen LogP contribution in [-0.2, 0) is 16.0 Å². The molecule has 0 radical (unpaired) electrons. The van der Waals surface area contributed by atoms with Crippen LogP contribution in [-0.4, -0.2) is 35.2 Å². The van der Waals surface area contributed by atoms with Gasteiger partial charge in [-0.3, -0.25) is 4.79 Å². The average molecular weight is 505 g/mol. The SMILES string of the molecule is CC(NCCCc1ccc(OC(C)(C)C(=O)N[C@@H](C(=O)O)C(C)(C)C)cc1)c1cccc2ccccc12. The first-order valence-corrected chi connectivity index (χ1v) is 12.9. The van der Waals surface area contributed by atoms with Crippen molar-refractivity contribution in [2.75, 3.05) is 6.54 Å². The van der Waals surface area contributed by atoms with Crippen LogP contribution in [0.1, 0.15) is 65.1 Å². The lowest BCUT2D eigenvalue weighted by Gasteiger charge is -2.32. The van der Waals surface area contributed by atoms with Crippen molar-refractivity contribution >= 4 is 22.6 Å². The first-order chi connectivity index (χ1) is 17.4. The summed E-state index contributed by atoms with van der Waals surface area (Å²) >= 11 is 0. The molecule has 0 fully saturated rings. The van der Waals surface area contributed by atoms with Crippen LogP contribution >= 0.6 is 0 Å². The predicted molar refractivity (Wildman–Crippen MR) is 149 cm³/mol. The van der Waals surface area contributed by atoms with Gasteiger partial charge in [0.15, 0.2) is 5.60 Å². The molecule has 3 N–H and O–H groups in total. The highest BCUT2D eigenvalue weighted by atomic mass is 16.5. The van der Waals surface area contributed by atoms with Crippen LogP contribution in [0.25, 0.3) is 10.8 Å². The van der Waals surface area contributed by atoms with E-state index >= 15 is 0 Å². The molecule has 0 aliphatic carbocycles. The molecule has 0 bridgehead atoms. The monoisotopic (exact) mass is 504 g/mol. The summed E-state index contributed by atoms with van der Waals surface area (Å²) in [6, 6.07) is 21.9. The van der Waals surface area contributed by atoms with Crippen molar-refractivity contribution in [1.29, 1.82) is 0 Å². The summed E-state index contributed by atoms with van der Waals surface area (Å²) < 4.78 is 5.94. The zero-order valence-corrected chi connectivity index (χ0v) is 22.8. The van der Waals surface area contributed by atoms with E-state index in [1.807, 2.05) is 24.3 Å². The molecule has 6 heteroatoms. The number of carbonyl (C=O) groups excluding carboxylic acids is 1. The van der Waals surface area contributed by atoms with E-state index in [2.05, 4.69) is 60.0 Å². The van der Waals surface area contributed by atoms with Gasteiger partial charge in [0, 0.05) is 6.04 Å². The number of hydrogen-bond acceptors (Lipinski definition) is 4. The van der Waals surface area contributed by atoms with Gasteiger partial charge in [-0.05, 0) is 79.6 Å². The van der Waals surface area contributed by atoms with Crippen LogP contribution in [0.3, 0.4) is 0 Å². The van der Waals surface area contributed by atoms with Crippen LogP contribution < -0.4 is 15.4 Å². The van der Waals surface area contributed by atoms with Gasteiger partial charge in [-0.15, -0.1) is 0 Å². The molecule has 0 heterocycles. The number of aliphatic carboxylic acids is 1. The Hall–Kier alpha value is -3.38. The Morgan fingerprint density at radius 2 is 1.57 bits per heavy atom. The lowest BCUT2D eigenvalue weighted by atomic mass is 9.86. The molecule has 0 aliphatic heterocycles. The lowest BCUT2D eigenvalue weighted by molar-refractivity contribution is -0.148. The molecule has 1 amide bonds. The molecule has 0 aromatic heterocycles. The van der Waals surface area contributed by atoms with E-state index in [-0.39, 0.29) is 6.04 Å². The van der Waals surface area contributed by atoms with Gasteiger partial charge in [0.1, 0.15) is 11.8 Å². The molecule has 0 spiro atoms. The van der Waals surface area contributed by atoms with Crippen LogP contribution in [0, 0.1) is 5.41 Å². The summed E-state index contributed by atoms with van der Waals surface area (Å²) in [6.07, 6.45) is 1.91. The summed E-state index contributed by atoms with van der Waals surface area (Å²) in [5.74, 6) is -0.971.